The van der Waals surface area contributed by atoms with Crippen LogP contribution in [0.25, 0.3) is 5.83 Å². The standard InChI is InChI=1S/C11H17FN4O.ClH/c1-7(2)9(12)11-14-10(15-17-11)8-6-13-4-5-16(8)3;/h8,13H,4-6H2,1-3H3;1H. The highest BCUT2D eigenvalue weighted by molar-refractivity contribution is 5.85. The van der Waals surface area contributed by atoms with Gasteiger partial charge in [0.15, 0.2) is 11.7 Å². The van der Waals surface area contributed by atoms with E-state index in [4.69, 9.17) is 4.52 Å². The lowest BCUT2D eigenvalue weighted by Crippen LogP contribution is -2.44. The van der Waals surface area contributed by atoms with Gasteiger partial charge in [-0.3, -0.25) is 4.90 Å². The number of halogens is 2. The Bertz CT molecular complexity index is 430. The maximum Gasteiger partial charge on any atom is 0.286 e. The Morgan fingerprint density at radius 1 is 1.50 bits per heavy atom. The number of hydrogen-bond donors (Lipinski definition) is 1. The van der Waals surface area contributed by atoms with Crippen molar-refractivity contribution in [3.05, 3.63) is 17.3 Å². The molecule has 102 valence electrons. The molecule has 0 saturated carbocycles. The molecule has 1 N–H and O–H groups in total. The van der Waals surface area contributed by atoms with Gasteiger partial charge in [0.25, 0.3) is 5.89 Å². The number of rotatable bonds is 2. The maximum absolute atomic E-state index is 13.6. The number of nitrogens with one attached hydrogen (secondary N) is 1. The zero-order valence-electron chi connectivity index (χ0n) is 10.7. The number of nitrogens with zero attached hydrogens (tertiary/aromatic N) is 3. The van der Waals surface area contributed by atoms with Gasteiger partial charge in [-0.05, 0) is 26.5 Å². The van der Waals surface area contributed by atoms with Crippen LogP contribution in [0.5, 0.6) is 0 Å². The van der Waals surface area contributed by atoms with Crippen LogP contribution < -0.4 is 5.32 Å². The first kappa shape index (κ1) is 15.1. The lowest BCUT2D eigenvalue weighted by Gasteiger charge is -2.30. The number of allylic oxidation sites excluding steroid dienone is 1. The minimum atomic E-state index is -0.435. The molecule has 7 heteroatoms. The van der Waals surface area contributed by atoms with E-state index in [0.29, 0.717) is 11.4 Å². The molecular formula is C11H18ClFN4O. The van der Waals surface area contributed by atoms with Gasteiger partial charge in [-0.1, -0.05) is 5.16 Å². The molecule has 5 nitrogen and oxygen atoms in total. The lowest BCUT2D eigenvalue weighted by molar-refractivity contribution is 0.190. The maximum atomic E-state index is 13.6. The summed E-state index contributed by atoms with van der Waals surface area (Å²) in [5.41, 5.74) is 0.537. The molecule has 0 spiro atoms. The van der Waals surface area contributed by atoms with Gasteiger partial charge in [0.1, 0.15) is 0 Å². The molecule has 1 aliphatic heterocycles. The van der Waals surface area contributed by atoms with Crippen molar-refractivity contribution in [3.8, 4) is 0 Å². The molecule has 2 heterocycles. The summed E-state index contributed by atoms with van der Waals surface area (Å²) in [5, 5.41) is 7.11. The first-order valence-corrected chi connectivity index (χ1v) is 5.67. The normalized spacial score (nSPS) is 20.3. The highest BCUT2D eigenvalue weighted by Crippen LogP contribution is 2.22. The second kappa shape index (κ2) is 6.26. The highest BCUT2D eigenvalue weighted by Gasteiger charge is 2.26. The molecule has 0 radical (unpaired) electrons. The summed E-state index contributed by atoms with van der Waals surface area (Å²) in [6, 6.07) is 0.0474. The van der Waals surface area contributed by atoms with Gasteiger partial charge in [-0.15, -0.1) is 12.4 Å². The molecule has 1 aromatic rings. The van der Waals surface area contributed by atoms with E-state index in [9.17, 15) is 4.39 Å². The Hall–Kier alpha value is -0.980. The molecule has 1 aliphatic rings. The van der Waals surface area contributed by atoms with Gasteiger partial charge in [-0.2, -0.15) is 4.98 Å². The molecule has 1 atom stereocenters. The summed E-state index contributed by atoms with van der Waals surface area (Å²) in [5.74, 6) is 0.0697. The minimum absolute atomic E-state index is 0. The predicted octanol–water partition coefficient (Wildman–Crippen LogP) is 1.79. The van der Waals surface area contributed by atoms with Crippen molar-refractivity contribution in [2.24, 2.45) is 0 Å². The molecule has 1 fully saturated rings. The number of likely N-dealkylation sites (N-methyl/N-ethyl adjacent to an activating group) is 1. The zero-order chi connectivity index (χ0) is 12.4. The molecule has 1 aromatic heterocycles. The SMILES string of the molecule is CC(C)=C(F)c1nc(C2CNCCN2C)no1.Cl. The molecule has 1 saturated heterocycles. The third-order valence-electron chi connectivity index (χ3n) is 2.88. The molecule has 0 amide bonds. The molecule has 0 aromatic carbocycles. The molecule has 0 bridgehead atoms. The topological polar surface area (TPSA) is 54.2 Å². The molecule has 2 rings (SSSR count). The molecule has 18 heavy (non-hydrogen) atoms. The summed E-state index contributed by atoms with van der Waals surface area (Å²) < 4.78 is 18.5. The van der Waals surface area contributed by atoms with Crippen molar-refractivity contribution in [1.82, 2.24) is 20.4 Å². The van der Waals surface area contributed by atoms with Crippen LogP contribution in [0.15, 0.2) is 10.1 Å². The molecule has 1 unspecified atom stereocenters. The van der Waals surface area contributed by atoms with Crippen molar-refractivity contribution in [2.45, 2.75) is 19.9 Å². The summed E-state index contributed by atoms with van der Waals surface area (Å²) in [4.78, 5) is 6.24. The fourth-order valence-electron chi connectivity index (χ4n) is 1.77. The van der Waals surface area contributed by atoms with Gasteiger partial charge in [0, 0.05) is 19.6 Å². The van der Waals surface area contributed by atoms with Crippen LogP contribution in [-0.4, -0.2) is 41.7 Å². The van der Waals surface area contributed by atoms with Crippen molar-refractivity contribution in [3.63, 3.8) is 0 Å². The smallest absolute Gasteiger partial charge is 0.286 e. The lowest BCUT2D eigenvalue weighted by atomic mass is 10.2. The zero-order valence-corrected chi connectivity index (χ0v) is 11.6. The van der Waals surface area contributed by atoms with Crippen molar-refractivity contribution < 1.29 is 8.91 Å². The average Bonchev–Trinajstić information content (AvgIpc) is 2.77. The fourth-order valence-corrected chi connectivity index (χ4v) is 1.77. The second-order valence-corrected chi connectivity index (χ2v) is 4.47. The third-order valence-corrected chi connectivity index (χ3v) is 2.88. The largest absolute Gasteiger partial charge is 0.331 e. The Kier molecular flexibility index (Phi) is 5.25. The van der Waals surface area contributed by atoms with Gasteiger partial charge in [0.05, 0.1) is 6.04 Å². The van der Waals surface area contributed by atoms with Crippen molar-refractivity contribution >= 4 is 18.2 Å². The number of aromatic nitrogens is 2. The van der Waals surface area contributed by atoms with E-state index in [0.717, 1.165) is 19.6 Å². The quantitative estimate of drug-likeness (QED) is 0.892. The predicted molar refractivity (Wildman–Crippen MR) is 69.2 cm³/mol. The Morgan fingerprint density at radius 3 is 2.83 bits per heavy atom. The summed E-state index contributed by atoms with van der Waals surface area (Å²) in [6.07, 6.45) is 0. The van der Waals surface area contributed by atoms with Crippen molar-refractivity contribution in [1.29, 1.82) is 0 Å². The van der Waals surface area contributed by atoms with Crippen LogP contribution in [0.1, 0.15) is 31.6 Å². The fraction of sp³-hybridized carbons (Fsp3) is 0.636. The van der Waals surface area contributed by atoms with Crippen LogP contribution in [0.2, 0.25) is 0 Å². The first-order chi connectivity index (χ1) is 8.09. The Labute approximate surface area is 112 Å². The van der Waals surface area contributed by atoms with Gasteiger partial charge < -0.3 is 9.84 Å². The van der Waals surface area contributed by atoms with Crippen LogP contribution in [0, 0.1) is 0 Å². The van der Waals surface area contributed by atoms with E-state index < -0.39 is 5.83 Å². The minimum Gasteiger partial charge on any atom is -0.331 e. The van der Waals surface area contributed by atoms with Crippen LogP contribution >= 0.6 is 12.4 Å². The highest BCUT2D eigenvalue weighted by atomic mass is 35.5. The summed E-state index contributed by atoms with van der Waals surface area (Å²) in [7, 11) is 2.00. The average molecular weight is 277 g/mol. The monoisotopic (exact) mass is 276 g/mol. The van der Waals surface area contributed by atoms with E-state index in [2.05, 4.69) is 20.4 Å². The van der Waals surface area contributed by atoms with E-state index in [-0.39, 0.29) is 24.3 Å². The Morgan fingerprint density at radius 2 is 2.22 bits per heavy atom. The van der Waals surface area contributed by atoms with E-state index >= 15 is 0 Å². The van der Waals surface area contributed by atoms with Gasteiger partial charge in [-0.25, -0.2) is 4.39 Å². The summed E-state index contributed by atoms with van der Waals surface area (Å²) in [6.45, 7) is 5.96. The molecule has 0 aliphatic carbocycles. The van der Waals surface area contributed by atoms with Crippen LogP contribution in [0.3, 0.4) is 0 Å². The summed E-state index contributed by atoms with van der Waals surface area (Å²) >= 11 is 0. The number of hydrogen-bond acceptors (Lipinski definition) is 5. The van der Waals surface area contributed by atoms with Gasteiger partial charge >= 0.3 is 0 Å². The van der Waals surface area contributed by atoms with Crippen LogP contribution in [0.4, 0.5) is 4.39 Å². The second-order valence-electron chi connectivity index (χ2n) is 4.47. The third kappa shape index (κ3) is 3.07. The van der Waals surface area contributed by atoms with E-state index in [1.165, 1.54) is 0 Å². The van der Waals surface area contributed by atoms with Gasteiger partial charge in [0.2, 0.25) is 0 Å². The van der Waals surface area contributed by atoms with Crippen molar-refractivity contribution in [2.75, 3.05) is 26.7 Å². The van der Waals surface area contributed by atoms with E-state index in [1.54, 1.807) is 13.8 Å². The first-order valence-electron chi connectivity index (χ1n) is 5.67. The Balaban J connectivity index is 0.00000162. The van der Waals surface area contributed by atoms with E-state index in [1.807, 2.05) is 7.05 Å². The van der Waals surface area contributed by atoms with Crippen LogP contribution in [-0.2, 0) is 0 Å². The molecular weight excluding hydrogens is 259 g/mol. The number of piperazine rings is 1.